The van der Waals surface area contributed by atoms with E-state index in [2.05, 4.69) is 9.44 Å². The molecule has 1 heterocycles. The molecule has 0 saturated heterocycles. The first-order chi connectivity index (χ1) is 10.3. The number of halogens is 3. The summed E-state index contributed by atoms with van der Waals surface area (Å²) in [4.78, 5) is 0.824. The highest BCUT2D eigenvalue weighted by Gasteiger charge is 2.49. The summed E-state index contributed by atoms with van der Waals surface area (Å²) in [6.45, 7) is 0. The van der Waals surface area contributed by atoms with Crippen LogP contribution in [0, 0.1) is 0 Å². The van der Waals surface area contributed by atoms with Gasteiger partial charge >= 0.3 is 15.6 Å². The van der Waals surface area contributed by atoms with Gasteiger partial charge in [0, 0.05) is 16.2 Å². The lowest BCUT2D eigenvalue weighted by molar-refractivity contribution is -0.0540. The molecule has 0 N–H and O–H groups in total. The second-order valence-corrected chi connectivity index (χ2v) is 7.00. The van der Waals surface area contributed by atoms with Gasteiger partial charge in [0.05, 0.1) is 0 Å². The Morgan fingerprint density at radius 2 is 1.86 bits per heavy atom. The number of nitrogens with zero attached hydrogens (tertiary/aromatic N) is 1. The van der Waals surface area contributed by atoms with Crippen LogP contribution in [0.3, 0.4) is 0 Å². The van der Waals surface area contributed by atoms with E-state index >= 15 is 0 Å². The number of benzene rings is 2. The van der Waals surface area contributed by atoms with Gasteiger partial charge in [-0.1, -0.05) is 35.5 Å². The summed E-state index contributed by atoms with van der Waals surface area (Å²) in [5, 5.41) is 4.91. The molecule has 116 valence electrons. The van der Waals surface area contributed by atoms with Gasteiger partial charge in [-0.15, -0.1) is 11.8 Å². The van der Waals surface area contributed by atoms with Crippen LogP contribution in [0.2, 0.25) is 0 Å². The average molecular weight is 347 g/mol. The zero-order valence-corrected chi connectivity index (χ0v) is 12.4. The van der Waals surface area contributed by atoms with Crippen molar-refractivity contribution in [3.05, 3.63) is 42.0 Å². The van der Waals surface area contributed by atoms with Crippen LogP contribution in [0.25, 0.3) is 10.8 Å². The van der Waals surface area contributed by atoms with E-state index < -0.39 is 15.6 Å². The molecule has 0 radical (unpaired) electrons. The van der Waals surface area contributed by atoms with Gasteiger partial charge in [-0.2, -0.15) is 21.6 Å². The molecule has 1 aliphatic heterocycles. The van der Waals surface area contributed by atoms with Crippen molar-refractivity contribution in [2.75, 3.05) is 5.75 Å². The number of rotatable bonds is 2. The van der Waals surface area contributed by atoms with Gasteiger partial charge in [0.15, 0.2) is 0 Å². The molecule has 9 heteroatoms. The summed E-state index contributed by atoms with van der Waals surface area (Å²) in [7, 11) is -5.74. The van der Waals surface area contributed by atoms with Gasteiger partial charge in [-0.3, -0.25) is 4.28 Å². The normalized spacial score (nSPS) is 17.0. The Morgan fingerprint density at radius 1 is 1.14 bits per heavy atom. The maximum atomic E-state index is 12.3. The van der Waals surface area contributed by atoms with Crippen LogP contribution in [0.4, 0.5) is 13.2 Å². The number of thioether (sulfide) groups is 1. The fourth-order valence-electron chi connectivity index (χ4n) is 2.10. The van der Waals surface area contributed by atoms with Gasteiger partial charge in [-0.25, -0.2) is 0 Å². The third kappa shape index (κ3) is 2.54. The first-order valence-corrected chi connectivity index (χ1v) is 8.41. The van der Waals surface area contributed by atoms with Gasteiger partial charge in [0.25, 0.3) is 0 Å². The van der Waals surface area contributed by atoms with E-state index in [1.54, 1.807) is 12.1 Å². The topological polar surface area (TPSA) is 55.7 Å². The molecular formula is C13H8F3NO3S2. The van der Waals surface area contributed by atoms with Crippen molar-refractivity contribution in [1.82, 2.24) is 0 Å². The fourth-order valence-corrected chi connectivity index (χ4v) is 3.39. The minimum atomic E-state index is -5.74. The SMILES string of the molecule is O=S(=O)(O/N=C1\CSc2ccc3ccccc3c21)C(F)(F)F. The molecule has 2 aromatic carbocycles. The van der Waals surface area contributed by atoms with E-state index in [4.69, 9.17) is 0 Å². The van der Waals surface area contributed by atoms with E-state index in [9.17, 15) is 21.6 Å². The smallest absolute Gasteiger partial charge is 0.262 e. The van der Waals surface area contributed by atoms with Crippen molar-refractivity contribution in [2.24, 2.45) is 5.16 Å². The molecule has 22 heavy (non-hydrogen) atoms. The van der Waals surface area contributed by atoms with E-state index in [1.165, 1.54) is 11.8 Å². The number of fused-ring (bicyclic) bond motifs is 3. The minimum Gasteiger partial charge on any atom is -0.262 e. The predicted octanol–water partition coefficient (Wildman–Crippen LogP) is 3.52. The van der Waals surface area contributed by atoms with Crippen LogP contribution >= 0.6 is 11.8 Å². The molecule has 0 spiro atoms. The number of hydrogen-bond donors (Lipinski definition) is 0. The molecule has 0 fully saturated rings. The largest absolute Gasteiger partial charge is 0.536 e. The lowest BCUT2D eigenvalue weighted by Crippen LogP contribution is -2.24. The van der Waals surface area contributed by atoms with Crippen LogP contribution in [0.5, 0.6) is 0 Å². The lowest BCUT2D eigenvalue weighted by atomic mass is 10.0. The second-order valence-electron chi connectivity index (χ2n) is 4.46. The Balaban J connectivity index is 2.05. The van der Waals surface area contributed by atoms with Crippen LogP contribution in [-0.2, 0) is 14.4 Å². The molecule has 3 rings (SSSR count). The average Bonchev–Trinajstić information content (AvgIpc) is 2.87. The Hall–Kier alpha value is -1.74. The maximum Gasteiger partial charge on any atom is 0.536 e. The van der Waals surface area contributed by atoms with Crippen LogP contribution in [0.1, 0.15) is 5.56 Å². The second kappa shape index (κ2) is 5.17. The Bertz CT molecular complexity index is 876. The van der Waals surface area contributed by atoms with Crippen molar-refractivity contribution in [2.45, 2.75) is 10.4 Å². The Morgan fingerprint density at radius 3 is 2.59 bits per heavy atom. The summed E-state index contributed by atoms with van der Waals surface area (Å²) < 4.78 is 62.5. The summed E-state index contributed by atoms with van der Waals surface area (Å²) >= 11 is 1.36. The van der Waals surface area contributed by atoms with E-state index in [1.807, 2.05) is 24.3 Å². The highest BCUT2D eigenvalue weighted by atomic mass is 32.2. The molecule has 2 aromatic rings. The summed E-state index contributed by atoms with van der Waals surface area (Å²) in [6.07, 6.45) is 0. The predicted molar refractivity (Wildman–Crippen MR) is 77.3 cm³/mol. The van der Waals surface area contributed by atoms with Crippen molar-refractivity contribution in [1.29, 1.82) is 0 Å². The molecule has 0 aliphatic carbocycles. The highest BCUT2D eigenvalue weighted by molar-refractivity contribution is 8.00. The monoisotopic (exact) mass is 347 g/mol. The van der Waals surface area contributed by atoms with E-state index in [0.717, 1.165) is 15.7 Å². The molecular weight excluding hydrogens is 339 g/mol. The Labute approximate surface area is 128 Å². The van der Waals surface area contributed by atoms with Crippen LogP contribution in [0.15, 0.2) is 46.4 Å². The quantitative estimate of drug-likeness (QED) is 0.616. The first-order valence-electron chi connectivity index (χ1n) is 6.01. The van der Waals surface area contributed by atoms with E-state index in [-0.39, 0.29) is 11.5 Å². The standard InChI is InChI=1S/C13H8F3NO3S2/c14-13(15,16)22(18,19)20-17-10-7-21-11-6-5-8-3-1-2-4-9(8)12(10)11/h1-6H,7H2/b17-10+. The van der Waals surface area contributed by atoms with Crippen molar-refractivity contribution < 1.29 is 25.9 Å². The zero-order chi connectivity index (χ0) is 16.0. The third-order valence-electron chi connectivity index (χ3n) is 3.07. The molecule has 1 aliphatic rings. The summed E-state index contributed by atoms with van der Waals surface area (Å²) in [5.74, 6) is 0.247. The van der Waals surface area contributed by atoms with Gasteiger partial charge in [0.2, 0.25) is 0 Å². The number of oxime groups is 1. The highest BCUT2D eigenvalue weighted by Crippen LogP contribution is 2.37. The van der Waals surface area contributed by atoms with Crippen LogP contribution in [-0.4, -0.2) is 25.4 Å². The number of alkyl halides is 3. The summed E-state index contributed by atoms with van der Waals surface area (Å²) in [5.41, 5.74) is -4.71. The fraction of sp³-hybridized carbons (Fsp3) is 0.154. The molecule has 0 saturated carbocycles. The molecule has 0 amide bonds. The molecule has 0 unspecified atom stereocenters. The molecule has 0 aromatic heterocycles. The first kappa shape index (κ1) is 15.2. The van der Waals surface area contributed by atoms with E-state index in [0.29, 0.717) is 5.56 Å². The molecule has 4 nitrogen and oxygen atoms in total. The lowest BCUT2D eigenvalue weighted by Gasteiger charge is -2.07. The van der Waals surface area contributed by atoms with Crippen molar-refractivity contribution in [3.63, 3.8) is 0 Å². The number of hydrogen-bond acceptors (Lipinski definition) is 5. The summed E-state index contributed by atoms with van der Waals surface area (Å²) in [6, 6.07) is 11.0. The molecule has 0 atom stereocenters. The van der Waals surface area contributed by atoms with Crippen LogP contribution < -0.4 is 0 Å². The van der Waals surface area contributed by atoms with Crippen molar-refractivity contribution >= 4 is 38.4 Å². The third-order valence-corrected chi connectivity index (χ3v) is 4.98. The minimum absolute atomic E-state index is 0.171. The van der Waals surface area contributed by atoms with Gasteiger partial charge in [-0.05, 0) is 16.8 Å². The van der Waals surface area contributed by atoms with Crippen molar-refractivity contribution in [3.8, 4) is 0 Å². The molecule has 0 bridgehead atoms. The zero-order valence-electron chi connectivity index (χ0n) is 10.8. The van der Waals surface area contributed by atoms with Gasteiger partial charge < -0.3 is 0 Å². The van der Waals surface area contributed by atoms with Gasteiger partial charge in [0.1, 0.15) is 5.71 Å². The Kier molecular flexibility index (Phi) is 3.56. The maximum absolute atomic E-state index is 12.3.